The molecule has 2 fully saturated rings. The molecule has 22 heavy (non-hydrogen) atoms. The molecule has 1 aliphatic carbocycles. The predicted octanol–water partition coefficient (Wildman–Crippen LogP) is 3.52. The van der Waals surface area contributed by atoms with Crippen molar-refractivity contribution >= 4 is 7.12 Å². The minimum atomic E-state index is -0.285. The van der Waals surface area contributed by atoms with Gasteiger partial charge in [0.05, 0.1) is 23.9 Å². The fourth-order valence-electron chi connectivity index (χ4n) is 2.99. The number of hydrogen-bond donors (Lipinski definition) is 0. The second-order valence-electron chi connectivity index (χ2n) is 7.20. The highest BCUT2D eigenvalue weighted by Gasteiger charge is 2.59. The van der Waals surface area contributed by atoms with Gasteiger partial charge >= 0.3 is 7.12 Å². The summed E-state index contributed by atoms with van der Waals surface area (Å²) in [6.45, 7) is 8.31. The van der Waals surface area contributed by atoms with E-state index < -0.39 is 0 Å². The van der Waals surface area contributed by atoms with Crippen LogP contribution in [0.3, 0.4) is 0 Å². The lowest BCUT2D eigenvalue weighted by Crippen LogP contribution is -2.41. The topological polar surface area (TPSA) is 51.5 Å². The van der Waals surface area contributed by atoms with E-state index in [4.69, 9.17) is 19.3 Å². The molecule has 2 atom stereocenters. The first-order valence-electron chi connectivity index (χ1n) is 7.73. The van der Waals surface area contributed by atoms with Crippen LogP contribution in [0.15, 0.2) is 18.2 Å². The number of nitrogens with zero attached hydrogens (tertiary/aromatic N) is 1. The highest BCUT2D eigenvalue weighted by atomic mass is 16.7. The molecule has 0 spiro atoms. The fraction of sp³-hybridized carbons (Fsp3) is 0.588. The van der Waals surface area contributed by atoms with Gasteiger partial charge in [-0.15, -0.1) is 0 Å². The van der Waals surface area contributed by atoms with Gasteiger partial charge in [-0.25, -0.2) is 0 Å². The monoisotopic (exact) mass is 299 g/mol. The summed E-state index contributed by atoms with van der Waals surface area (Å²) < 4.78 is 17.6. The molecule has 0 aromatic heterocycles. The summed E-state index contributed by atoms with van der Waals surface area (Å²) in [7, 11) is 1.44. The SMILES string of the molecule is COc1cc([C@H]2CC2B2OC(C)(C)C(C)(C)O2)ccc1C#N. The Morgan fingerprint density at radius 1 is 1.23 bits per heavy atom. The van der Waals surface area contributed by atoms with Crippen molar-refractivity contribution in [3.8, 4) is 11.8 Å². The highest BCUT2D eigenvalue weighted by Crippen LogP contribution is 2.58. The van der Waals surface area contributed by atoms with Crippen molar-refractivity contribution in [2.45, 2.75) is 57.1 Å². The molecule has 1 saturated heterocycles. The average Bonchev–Trinajstić information content (AvgIpc) is 3.21. The van der Waals surface area contributed by atoms with E-state index in [1.54, 1.807) is 7.11 Å². The minimum Gasteiger partial charge on any atom is -0.495 e. The molecule has 4 nitrogen and oxygen atoms in total. The van der Waals surface area contributed by atoms with Crippen LogP contribution in [0.1, 0.15) is 51.2 Å². The van der Waals surface area contributed by atoms with Crippen LogP contribution in [0, 0.1) is 11.3 Å². The number of hydrogen-bond acceptors (Lipinski definition) is 4. The molecule has 3 rings (SSSR count). The molecule has 1 heterocycles. The van der Waals surface area contributed by atoms with Crippen molar-refractivity contribution in [2.75, 3.05) is 7.11 Å². The zero-order valence-corrected chi connectivity index (χ0v) is 13.8. The van der Waals surface area contributed by atoms with Gasteiger partial charge in [-0.05, 0) is 57.7 Å². The molecule has 1 aromatic rings. The first-order valence-corrected chi connectivity index (χ1v) is 7.73. The first-order chi connectivity index (χ1) is 10.3. The van der Waals surface area contributed by atoms with Crippen molar-refractivity contribution in [1.29, 1.82) is 5.26 Å². The summed E-state index contributed by atoms with van der Waals surface area (Å²) in [5, 5.41) is 9.06. The summed E-state index contributed by atoms with van der Waals surface area (Å²) in [5.74, 6) is 1.43. The van der Waals surface area contributed by atoms with Gasteiger partial charge in [0.15, 0.2) is 0 Å². The van der Waals surface area contributed by atoms with Crippen LogP contribution in [-0.2, 0) is 9.31 Å². The standard InChI is InChI=1S/C17H22BNO3/c1-16(2)17(3,4)22-18(21-16)14-9-13(14)11-6-7-12(10-19)15(8-11)20-5/h6-8,13-14H,9H2,1-5H3/t13-,14?/m1/s1. The third-order valence-corrected chi connectivity index (χ3v) is 5.24. The maximum Gasteiger partial charge on any atom is 0.461 e. The highest BCUT2D eigenvalue weighted by molar-refractivity contribution is 6.49. The number of methoxy groups -OCH3 is 1. The minimum absolute atomic E-state index is 0.156. The van der Waals surface area contributed by atoms with E-state index in [0.29, 0.717) is 23.0 Å². The summed E-state index contributed by atoms with van der Waals surface area (Å²) in [6, 6.07) is 7.95. The average molecular weight is 299 g/mol. The van der Waals surface area contributed by atoms with Crippen molar-refractivity contribution in [3.63, 3.8) is 0 Å². The van der Waals surface area contributed by atoms with Crippen LogP contribution in [0.4, 0.5) is 0 Å². The van der Waals surface area contributed by atoms with Crippen molar-refractivity contribution in [1.82, 2.24) is 0 Å². The Hall–Kier alpha value is -1.51. The van der Waals surface area contributed by atoms with E-state index in [1.807, 2.05) is 18.2 Å². The zero-order chi connectivity index (χ0) is 16.1. The molecule has 0 radical (unpaired) electrons. The van der Waals surface area contributed by atoms with Crippen LogP contribution in [-0.4, -0.2) is 25.4 Å². The molecule has 0 N–H and O–H groups in total. The Kier molecular flexibility index (Phi) is 3.50. The first kappa shape index (κ1) is 15.4. The van der Waals surface area contributed by atoms with Gasteiger partial charge in [-0.3, -0.25) is 0 Å². The molecular formula is C17H22BNO3. The molecule has 1 saturated carbocycles. The molecular weight excluding hydrogens is 277 g/mol. The Labute approximate surface area is 132 Å². The Morgan fingerprint density at radius 3 is 2.41 bits per heavy atom. The van der Waals surface area contributed by atoms with Gasteiger partial charge in [0, 0.05) is 5.82 Å². The second-order valence-corrected chi connectivity index (χ2v) is 7.20. The van der Waals surface area contributed by atoms with Gasteiger partial charge in [0.25, 0.3) is 0 Å². The molecule has 1 aliphatic heterocycles. The van der Waals surface area contributed by atoms with Crippen LogP contribution in [0.5, 0.6) is 5.75 Å². The quantitative estimate of drug-likeness (QED) is 0.801. The molecule has 1 aromatic carbocycles. The predicted molar refractivity (Wildman–Crippen MR) is 84.9 cm³/mol. The smallest absolute Gasteiger partial charge is 0.461 e. The van der Waals surface area contributed by atoms with Gasteiger partial charge in [-0.2, -0.15) is 5.26 Å². The van der Waals surface area contributed by atoms with E-state index in [0.717, 1.165) is 6.42 Å². The summed E-state index contributed by atoms with van der Waals surface area (Å²) in [6.07, 6.45) is 1.05. The Bertz CT molecular complexity index is 619. The molecule has 0 bridgehead atoms. The van der Waals surface area contributed by atoms with Gasteiger partial charge in [0.1, 0.15) is 11.8 Å². The number of ether oxygens (including phenoxy) is 1. The third kappa shape index (κ3) is 2.41. The summed E-state index contributed by atoms with van der Waals surface area (Å²) >= 11 is 0. The lowest BCUT2D eigenvalue weighted by atomic mass is 9.79. The molecule has 116 valence electrons. The van der Waals surface area contributed by atoms with Crippen LogP contribution in [0.25, 0.3) is 0 Å². The largest absolute Gasteiger partial charge is 0.495 e. The second kappa shape index (κ2) is 5.01. The normalized spacial score (nSPS) is 28.3. The molecule has 5 heteroatoms. The third-order valence-electron chi connectivity index (χ3n) is 5.24. The van der Waals surface area contributed by atoms with Crippen molar-refractivity contribution < 1.29 is 14.0 Å². The molecule has 1 unspecified atom stereocenters. The summed E-state index contributed by atoms with van der Waals surface area (Å²) in [5.41, 5.74) is 1.19. The lowest BCUT2D eigenvalue weighted by Gasteiger charge is -2.32. The van der Waals surface area contributed by atoms with E-state index >= 15 is 0 Å². The van der Waals surface area contributed by atoms with E-state index in [1.165, 1.54) is 5.56 Å². The van der Waals surface area contributed by atoms with Gasteiger partial charge in [-0.1, -0.05) is 6.07 Å². The van der Waals surface area contributed by atoms with Crippen LogP contribution < -0.4 is 4.74 Å². The zero-order valence-electron chi connectivity index (χ0n) is 13.8. The molecule has 0 amide bonds. The summed E-state index contributed by atoms with van der Waals surface area (Å²) in [4.78, 5) is 0. The Balaban J connectivity index is 1.75. The van der Waals surface area contributed by atoms with E-state index in [9.17, 15) is 0 Å². The van der Waals surface area contributed by atoms with E-state index in [-0.39, 0.29) is 18.3 Å². The van der Waals surface area contributed by atoms with Crippen LogP contribution in [0.2, 0.25) is 5.82 Å². The molecule has 2 aliphatic rings. The van der Waals surface area contributed by atoms with Gasteiger partial charge in [0.2, 0.25) is 0 Å². The number of nitriles is 1. The lowest BCUT2D eigenvalue weighted by molar-refractivity contribution is 0.00578. The fourth-order valence-corrected chi connectivity index (χ4v) is 2.99. The maximum absolute atomic E-state index is 9.06. The van der Waals surface area contributed by atoms with Gasteiger partial charge < -0.3 is 14.0 Å². The van der Waals surface area contributed by atoms with Crippen molar-refractivity contribution in [3.05, 3.63) is 29.3 Å². The number of rotatable bonds is 3. The Morgan fingerprint density at radius 2 is 1.86 bits per heavy atom. The maximum atomic E-state index is 9.06. The van der Waals surface area contributed by atoms with Crippen LogP contribution >= 0.6 is 0 Å². The number of benzene rings is 1. The van der Waals surface area contributed by atoms with Crippen molar-refractivity contribution in [2.24, 2.45) is 0 Å². The van der Waals surface area contributed by atoms with E-state index in [2.05, 4.69) is 33.8 Å².